The van der Waals surface area contributed by atoms with Crippen LogP contribution >= 0.6 is 0 Å². The van der Waals surface area contributed by atoms with Crippen LogP contribution in [0.5, 0.6) is 0 Å². The molecule has 2 aromatic rings. The van der Waals surface area contributed by atoms with Gasteiger partial charge in [0.15, 0.2) is 6.61 Å². The number of amides is 1. The van der Waals surface area contributed by atoms with Gasteiger partial charge in [-0.3, -0.25) is 4.79 Å². The molecule has 126 valence electrons. The van der Waals surface area contributed by atoms with E-state index in [4.69, 9.17) is 10.00 Å². The summed E-state index contributed by atoms with van der Waals surface area (Å²) in [4.78, 5) is 24.0. The lowest BCUT2D eigenvalue weighted by Crippen LogP contribution is -2.21. The lowest BCUT2D eigenvalue weighted by atomic mass is 10.1. The number of nitrogens with zero attached hydrogens (tertiary/aromatic N) is 1. The highest BCUT2D eigenvalue weighted by Gasteiger charge is 2.15. The summed E-state index contributed by atoms with van der Waals surface area (Å²) in [6.45, 7) is -0.337. The molecule has 0 spiro atoms. The van der Waals surface area contributed by atoms with Crippen molar-refractivity contribution in [3.05, 3.63) is 64.7 Å². The van der Waals surface area contributed by atoms with E-state index in [9.17, 15) is 9.59 Å². The van der Waals surface area contributed by atoms with Gasteiger partial charge in [-0.15, -0.1) is 0 Å². The van der Waals surface area contributed by atoms with Crippen molar-refractivity contribution in [2.75, 3.05) is 11.9 Å². The molecule has 0 aromatic heterocycles. The summed E-state index contributed by atoms with van der Waals surface area (Å²) < 4.78 is 5.09. The van der Waals surface area contributed by atoms with Crippen molar-refractivity contribution in [3.63, 3.8) is 0 Å². The first kappa shape index (κ1) is 16.7. The maximum atomic E-state index is 12.1. The van der Waals surface area contributed by atoms with Crippen LogP contribution in [-0.2, 0) is 28.8 Å². The Hall–Kier alpha value is -3.13. The quantitative estimate of drug-likeness (QED) is 0.852. The number of anilines is 1. The minimum atomic E-state index is -0.491. The number of benzene rings is 2. The van der Waals surface area contributed by atoms with Crippen LogP contribution in [0.3, 0.4) is 0 Å². The second kappa shape index (κ2) is 7.63. The van der Waals surface area contributed by atoms with E-state index in [1.54, 1.807) is 30.3 Å². The van der Waals surface area contributed by atoms with E-state index in [1.165, 1.54) is 11.1 Å². The van der Waals surface area contributed by atoms with Crippen LogP contribution in [0.1, 0.15) is 33.5 Å². The van der Waals surface area contributed by atoms with Crippen LogP contribution in [0.2, 0.25) is 0 Å². The summed E-state index contributed by atoms with van der Waals surface area (Å²) in [5.41, 5.74) is 4.43. The molecule has 5 heteroatoms. The van der Waals surface area contributed by atoms with Crippen LogP contribution < -0.4 is 5.32 Å². The molecule has 1 aliphatic rings. The Balaban J connectivity index is 1.51. The van der Waals surface area contributed by atoms with Crippen molar-refractivity contribution in [1.82, 2.24) is 0 Å². The van der Waals surface area contributed by atoms with Crippen LogP contribution in [0.25, 0.3) is 0 Å². The number of hydrogen-bond donors (Lipinski definition) is 1. The molecule has 25 heavy (non-hydrogen) atoms. The number of nitrogens with one attached hydrogen (secondary N) is 1. The molecule has 0 unspecified atom stereocenters. The van der Waals surface area contributed by atoms with Gasteiger partial charge >= 0.3 is 5.97 Å². The van der Waals surface area contributed by atoms with Crippen LogP contribution in [0, 0.1) is 11.3 Å². The molecule has 0 radical (unpaired) electrons. The number of aryl methyl sites for hydroxylation is 2. The van der Waals surface area contributed by atoms with Gasteiger partial charge in [0.05, 0.1) is 18.1 Å². The van der Waals surface area contributed by atoms with Gasteiger partial charge in [0.2, 0.25) is 0 Å². The average molecular weight is 334 g/mol. The van der Waals surface area contributed by atoms with E-state index < -0.39 is 11.9 Å². The van der Waals surface area contributed by atoms with Crippen LogP contribution in [0.4, 0.5) is 5.69 Å². The fraction of sp³-hybridized carbons (Fsp3) is 0.250. The maximum Gasteiger partial charge on any atom is 0.338 e. The second-order valence-electron chi connectivity index (χ2n) is 5.99. The molecule has 1 aliphatic carbocycles. The van der Waals surface area contributed by atoms with Gasteiger partial charge in [0, 0.05) is 5.69 Å². The molecule has 0 saturated carbocycles. The Morgan fingerprint density at radius 3 is 2.60 bits per heavy atom. The van der Waals surface area contributed by atoms with Crippen molar-refractivity contribution >= 4 is 17.6 Å². The Bertz CT molecular complexity index is 835. The maximum absolute atomic E-state index is 12.1. The SMILES string of the molecule is N#CCc1ccc(NC(=O)COC(=O)c2ccc3c(c2)CCC3)cc1. The zero-order valence-electron chi connectivity index (χ0n) is 13.7. The van der Waals surface area contributed by atoms with Gasteiger partial charge in [-0.05, 0) is 60.2 Å². The number of carbonyl (C=O) groups excluding carboxylic acids is 2. The third kappa shape index (κ3) is 4.24. The summed E-state index contributed by atoms with van der Waals surface area (Å²) >= 11 is 0. The normalized spacial score (nSPS) is 12.1. The molecule has 0 saturated heterocycles. The van der Waals surface area contributed by atoms with E-state index >= 15 is 0 Å². The smallest absolute Gasteiger partial charge is 0.338 e. The van der Waals surface area contributed by atoms with Crippen LogP contribution in [-0.4, -0.2) is 18.5 Å². The van der Waals surface area contributed by atoms with Crippen molar-refractivity contribution in [2.45, 2.75) is 25.7 Å². The van der Waals surface area contributed by atoms with Gasteiger partial charge in [-0.1, -0.05) is 18.2 Å². The van der Waals surface area contributed by atoms with Gasteiger partial charge in [0.1, 0.15) is 0 Å². The fourth-order valence-corrected chi connectivity index (χ4v) is 2.91. The van der Waals surface area contributed by atoms with Gasteiger partial charge in [-0.2, -0.15) is 5.26 Å². The summed E-state index contributed by atoms with van der Waals surface area (Å²) in [7, 11) is 0. The Morgan fingerprint density at radius 1 is 1.08 bits per heavy atom. The molecule has 0 heterocycles. The number of rotatable bonds is 5. The first-order valence-corrected chi connectivity index (χ1v) is 8.20. The predicted octanol–water partition coefficient (Wildman–Crippen LogP) is 3.04. The summed E-state index contributed by atoms with van der Waals surface area (Å²) in [5.74, 6) is -0.892. The zero-order valence-corrected chi connectivity index (χ0v) is 13.7. The standard InChI is InChI=1S/C20H18N2O3/c21-11-10-14-4-8-18(9-5-14)22-19(23)13-25-20(24)17-7-6-15-2-1-3-16(15)12-17/h4-9,12H,1-3,10,13H2,(H,22,23). The number of esters is 1. The molecule has 0 bridgehead atoms. The molecule has 0 fully saturated rings. The molecule has 1 N–H and O–H groups in total. The van der Waals surface area contributed by atoms with E-state index in [-0.39, 0.29) is 6.61 Å². The molecule has 3 rings (SSSR count). The second-order valence-corrected chi connectivity index (χ2v) is 5.99. The summed E-state index contributed by atoms with van der Waals surface area (Å²) in [5, 5.41) is 11.3. The van der Waals surface area contributed by atoms with Crippen LogP contribution in [0.15, 0.2) is 42.5 Å². The molecule has 1 amide bonds. The number of carbonyl (C=O) groups is 2. The van der Waals surface area contributed by atoms with E-state index in [0.717, 1.165) is 24.8 Å². The van der Waals surface area contributed by atoms with Crippen molar-refractivity contribution in [3.8, 4) is 6.07 Å². The van der Waals surface area contributed by atoms with Crippen molar-refractivity contribution < 1.29 is 14.3 Å². The Labute approximate surface area is 146 Å². The topological polar surface area (TPSA) is 79.2 Å². The number of hydrogen-bond acceptors (Lipinski definition) is 4. The Morgan fingerprint density at radius 2 is 1.84 bits per heavy atom. The molecule has 2 aromatic carbocycles. The van der Waals surface area contributed by atoms with Gasteiger partial charge < -0.3 is 10.1 Å². The fourth-order valence-electron chi connectivity index (χ4n) is 2.91. The first-order chi connectivity index (χ1) is 12.2. The average Bonchev–Trinajstić information content (AvgIpc) is 3.09. The first-order valence-electron chi connectivity index (χ1n) is 8.20. The molecular formula is C20H18N2O3. The third-order valence-electron chi connectivity index (χ3n) is 4.19. The molecule has 5 nitrogen and oxygen atoms in total. The molecular weight excluding hydrogens is 316 g/mol. The third-order valence-corrected chi connectivity index (χ3v) is 4.19. The van der Waals surface area contributed by atoms with E-state index in [1.807, 2.05) is 12.1 Å². The van der Waals surface area contributed by atoms with E-state index in [0.29, 0.717) is 17.7 Å². The number of nitriles is 1. The van der Waals surface area contributed by atoms with Crippen molar-refractivity contribution in [2.24, 2.45) is 0 Å². The number of fused-ring (bicyclic) bond motifs is 1. The largest absolute Gasteiger partial charge is 0.452 e. The minimum Gasteiger partial charge on any atom is -0.452 e. The van der Waals surface area contributed by atoms with Gasteiger partial charge in [-0.25, -0.2) is 4.79 Å². The van der Waals surface area contributed by atoms with Crippen molar-refractivity contribution in [1.29, 1.82) is 5.26 Å². The summed E-state index contributed by atoms with van der Waals surface area (Å²) in [6, 6.07) is 14.6. The van der Waals surface area contributed by atoms with Gasteiger partial charge in [0.25, 0.3) is 5.91 Å². The highest BCUT2D eigenvalue weighted by atomic mass is 16.5. The number of ether oxygens (including phenoxy) is 1. The zero-order chi connectivity index (χ0) is 17.6. The Kier molecular flexibility index (Phi) is 5.10. The lowest BCUT2D eigenvalue weighted by Gasteiger charge is -2.08. The summed E-state index contributed by atoms with van der Waals surface area (Å²) in [6.07, 6.45) is 3.48. The molecule has 0 atom stereocenters. The molecule has 0 aliphatic heterocycles. The minimum absolute atomic E-state index is 0.326. The lowest BCUT2D eigenvalue weighted by molar-refractivity contribution is -0.119. The highest BCUT2D eigenvalue weighted by Crippen LogP contribution is 2.23. The predicted molar refractivity (Wildman–Crippen MR) is 93.1 cm³/mol. The van der Waals surface area contributed by atoms with E-state index in [2.05, 4.69) is 11.4 Å². The highest BCUT2D eigenvalue weighted by molar-refractivity contribution is 5.95. The monoisotopic (exact) mass is 334 g/mol.